The molecule has 11 heteroatoms. The van der Waals surface area contributed by atoms with Crippen molar-refractivity contribution in [2.45, 2.75) is 52.4 Å². The van der Waals surface area contributed by atoms with E-state index in [-0.39, 0.29) is 12.0 Å². The second-order valence-electron chi connectivity index (χ2n) is 9.77. The van der Waals surface area contributed by atoms with Crippen LogP contribution in [0.1, 0.15) is 32.9 Å². The van der Waals surface area contributed by atoms with Gasteiger partial charge in [-0.3, -0.25) is 5.21 Å². The molecule has 33 heavy (non-hydrogen) atoms. The summed E-state index contributed by atoms with van der Waals surface area (Å²) in [7, 11) is 0. The molecule has 0 radical (unpaired) electrons. The fourth-order valence-electron chi connectivity index (χ4n) is 3.96. The van der Waals surface area contributed by atoms with Gasteiger partial charge in [-0.1, -0.05) is 20.8 Å². The third kappa shape index (κ3) is 5.01. The number of thiazole rings is 1. The van der Waals surface area contributed by atoms with Crippen LogP contribution in [0.4, 0.5) is 11.8 Å². The molecule has 10 nitrogen and oxygen atoms in total. The molecule has 3 aromatic heterocycles. The molecule has 1 fully saturated rings. The third-order valence-electron chi connectivity index (χ3n) is 5.75. The van der Waals surface area contributed by atoms with Crippen LogP contribution in [-0.4, -0.2) is 66.9 Å². The van der Waals surface area contributed by atoms with Crippen LogP contribution in [-0.2, 0) is 0 Å². The lowest BCUT2D eigenvalue weighted by molar-refractivity contribution is -0.904. The average Bonchev–Trinajstić information content (AvgIpc) is 3.26. The molecule has 0 saturated heterocycles. The zero-order chi connectivity index (χ0) is 23.9. The Morgan fingerprint density at radius 2 is 1.94 bits per heavy atom. The highest BCUT2D eigenvalue weighted by Gasteiger charge is 2.41. The van der Waals surface area contributed by atoms with E-state index in [1.807, 2.05) is 6.92 Å². The van der Waals surface area contributed by atoms with Gasteiger partial charge in [-0.25, -0.2) is 9.97 Å². The van der Waals surface area contributed by atoms with Crippen molar-refractivity contribution in [3.63, 3.8) is 0 Å². The molecule has 178 valence electrons. The maximum absolute atomic E-state index is 10.5. The van der Waals surface area contributed by atoms with E-state index < -0.39 is 24.2 Å². The molecule has 0 aliphatic heterocycles. The zero-order valence-corrected chi connectivity index (χ0v) is 20.0. The van der Waals surface area contributed by atoms with E-state index >= 15 is 0 Å². The first-order valence-corrected chi connectivity index (χ1v) is 11.7. The summed E-state index contributed by atoms with van der Waals surface area (Å²) in [6, 6.07) is 1.29. The largest absolute Gasteiger partial charge is 0.396 e. The van der Waals surface area contributed by atoms with Crippen molar-refractivity contribution in [1.29, 1.82) is 0 Å². The number of aryl methyl sites for hydroxylation is 1. The molecule has 1 saturated carbocycles. The summed E-state index contributed by atoms with van der Waals surface area (Å²) in [4.78, 5) is 14.0. The monoisotopic (exact) mass is 475 g/mol. The highest BCUT2D eigenvalue weighted by molar-refractivity contribution is 7.21. The van der Waals surface area contributed by atoms with Crippen molar-refractivity contribution >= 4 is 33.3 Å². The Labute approximate surface area is 196 Å². The van der Waals surface area contributed by atoms with Crippen LogP contribution in [0.2, 0.25) is 0 Å². The van der Waals surface area contributed by atoms with E-state index in [1.165, 1.54) is 23.7 Å². The fourth-order valence-corrected chi connectivity index (χ4v) is 4.99. The van der Waals surface area contributed by atoms with Gasteiger partial charge in [0.15, 0.2) is 5.52 Å². The maximum atomic E-state index is 10.5. The molecule has 3 heterocycles. The number of nitrogens with zero attached hydrogens (tertiary/aromatic N) is 4. The summed E-state index contributed by atoms with van der Waals surface area (Å²) in [6.07, 6.45) is 1.41. The normalized spacial score (nSPS) is 23.2. The van der Waals surface area contributed by atoms with Crippen LogP contribution in [0.5, 0.6) is 0 Å². The fraction of sp³-hybridized carbons (Fsp3) is 0.545. The predicted octanol–water partition coefficient (Wildman–Crippen LogP) is 1.56. The molecule has 0 bridgehead atoms. The van der Waals surface area contributed by atoms with E-state index in [4.69, 9.17) is 4.98 Å². The van der Waals surface area contributed by atoms with Crippen molar-refractivity contribution in [3.05, 3.63) is 24.2 Å². The minimum absolute atomic E-state index is 0.0241. The Kier molecular flexibility index (Phi) is 6.41. The van der Waals surface area contributed by atoms with Gasteiger partial charge in [0, 0.05) is 29.9 Å². The van der Waals surface area contributed by atoms with Gasteiger partial charge in [0.05, 0.1) is 28.1 Å². The topological polar surface area (TPSA) is 148 Å². The number of hydrogen-bond donors (Lipinski definition) is 6. The molecular weight excluding hydrogens is 444 g/mol. The highest BCUT2D eigenvalue weighted by atomic mass is 32.1. The van der Waals surface area contributed by atoms with E-state index in [2.05, 4.69) is 41.4 Å². The number of aliphatic hydroxyl groups is 3. The molecule has 4 atom stereocenters. The van der Waals surface area contributed by atoms with Gasteiger partial charge in [-0.2, -0.15) is 4.98 Å². The molecule has 6 N–H and O–H groups in total. The molecule has 1 aliphatic carbocycles. The number of aliphatic hydroxyl groups excluding tert-OH is 3. The van der Waals surface area contributed by atoms with Crippen LogP contribution in [0, 0.1) is 18.3 Å². The molecule has 4 rings (SSSR count). The van der Waals surface area contributed by atoms with Crippen molar-refractivity contribution in [1.82, 2.24) is 15.0 Å². The summed E-state index contributed by atoms with van der Waals surface area (Å²) < 4.78 is 1.85. The zero-order valence-electron chi connectivity index (χ0n) is 19.1. The minimum Gasteiger partial charge on any atom is -0.396 e. The Bertz CT molecular complexity index is 1150. The number of pyridine rings is 1. The van der Waals surface area contributed by atoms with E-state index in [9.17, 15) is 20.5 Å². The lowest BCUT2D eigenvalue weighted by atomic mass is 9.97. The first-order chi connectivity index (χ1) is 15.6. The maximum Gasteiger partial charge on any atom is 0.249 e. The Hall–Kier alpha value is -2.60. The number of anilines is 2. The van der Waals surface area contributed by atoms with Crippen LogP contribution in [0.15, 0.2) is 18.5 Å². The van der Waals surface area contributed by atoms with E-state index in [0.717, 1.165) is 9.43 Å². The average molecular weight is 476 g/mol. The Balaban J connectivity index is 1.75. The Morgan fingerprint density at radius 1 is 1.18 bits per heavy atom. The van der Waals surface area contributed by atoms with Crippen LogP contribution >= 0.6 is 11.3 Å². The van der Waals surface area contributed by atoms with Gasteiger partial charge in [0.1, 0.15) is 16.9 Å². The van der Waals surface area contributed by atoms with E-state index in [1.54, 1.807) is 6.07 Å². The Morgan fingerprint density at radius 3 is 2.61 bits per heavy atom. The molecule has 0 spiro atoms. The minimum atomic E-state index is -1.04. The van der Waals surface area contributed by atoms with Crippen LogP contribution < -0.4 is 15.4 Å². The summed E-state index contributed by atoms with van der Waals surface area (Å²) in [5, 5.41) is 47.3. The molecule has 0 unspecified atom stereocenters. The number of rotatable bonds is 6. The molecule has 0 aromatic carbocycles. The van der Waals surface area contributed by atoms with Crippen molar-refractivity contribution in [2.75, 3.05) is 23.8 Å². The predicted molar refractivity (Wildman–Crippen MR) is 125 cm³/mol. The lowest BCUT2D eigenvalue weighted by Crippen LogP contribution is -2.36. The van der Waals surface area contributed by atoms with Crippen LogP contribution in [0.3, 0.4) is 0 Å². The van der Waals surface area contributed by atoms with Crippen LogP contribution in [0.25, 0.3) is 20.8 Å². The summed E-state index contributed by atoms with van der Waals surface area (Å²) in [5.74, 6) is 0.532. The first-order valence-electron chi connectivity index (χ1n) is 10.9. The smallest absolute Gasteiger partial charge is 0.249 e. The summed E-state index contributed by atoms with van der Waals surface area (Å²) in [6.45, 7) is 8.67. The molecule has 0 amide bonds. The van der Waals surface area contributed by atoms with Gasteiger partial charge < -0.3 is 26.0 Å². The van der Waals surface area contributed by atoms with Crippen molar-refractivity contribution < 1.29 is 25.3 Å². The van der Waals surface area contributed by atoms with Gasteiger partial charge in [-0.15, -0.1) is 11.3 Å². The molecule has 1 aliphatic rings. The van der Waals surface area contributed by atoms with Crippen molar-refractivity contribution in [3.8, 4) is 10.6 Å². The SMILES string of the molecule is Cc1nc(NCC(C)(C)C)nc(N[C@@H]2C[C@H](CO)[C@@H](O)[C@H]2O)c1-c1nc2c[n+](O)ccc2s1. The number of aromatic nitrogens is 4. The number of fused-ring (bicyclic) bond motifs is 1. The van der Waals surface area contributed by atoms with Gasteiger partial charge in [-0.05, 0) is 18.8 Å². The van der Waals surface area contributed by atoms with Gasteiger partial charge >= 0.3 is 0 Å². The quantitative estimate of drug-likeness (QED) is 0.231. The summed E-state index contributed by atoms with van der Waals surface area (Å²) >= 11 is 1.45. The molecular formula is C22H31N6O4S+. The number of nitrogens with one attached hydrogen (secondary N) is 2. The number of hydrogen-bond acceptors (Lipinski definition) is 10. The van der Waals surface area contributed by atoms with Gasteiger partial charge in [0.25, 0.3) is 0 Å². The second kappa shape index (κ2) is 8.98. The molecule has 3 aromatic rings. The van der Waals surface area contributed by atoms with Crippen molar-refractivity contribution in [2.24, 2.45) is 11.3 Å². The third-order valence-corrected chi connectivity index (χ3v) is 6.81. The highest BCUT2D eigenvalue weighted by Crippen LogP contribution is 2.38. The first kappa shape index (κ1) is 23.6. The van der Waals surface area contributed by atoms with Gasteiger partial charge in [0.2, 0.25) is 18.3 Å². The second-order valence-corrected chi connectivity index (χ2v) is 10.8. The standard InChI is InChI=1S/C22H31N6O4S/c1-11-16(20-26-14-8-28(32)6-5-15(14)33-20)19(27-21(24-11)23-10-22(2,3)4)25-13-7-12(9-29)17(30)18(13)31/h5-6,8,12-13,17-18,29-32H,7,9-10H2,1-4H3,(H2,23,24,25,27)/q+1/t12-,13-,17-,18+/m1/s1. The summed E-state index contributed by atoms with van der Waals surface area (Å²) in [5.41, 5.74) is 2.05. The van der Waals surface area contributed by atoms with E-state index in [0.29, 0.717) is 46.5 Å². The lowest BCUT2D eigenvalue weighted by Gasteiger charge is -2.22.